The molecule has 2 aromatic carbocycles. The second kappa shape index (κ2) is 6.18. The zero-order valence-electron chi connectivity index (χ0n) is 11.8. The monoisotopic (exact) mass is 290 g/mol. The lowest BCUT2D eigenvalue weighted by Gasteiger charge is -2.06. The fraction of sp³-hybridized carbons (Fsp3) is 0.0556. The first-order valence-corrected chi connectivity index (χ1v) is 6.97. The second-order valence-corrected chi connectivity index (χ2v) is 4.87. The molecule has 108 valence electrons. The van der Waals surface area contributed by atoms with Gasteiger partial charge in [-0.25, -0.2) is 0 Å². The third kappa shape index (κ3) is 3.01. The van der Waals surface area contributed by atoms with Crippen LogP contribution in [0.5, 0.6) is 0 Å². The number of fused-ring (bicyclic) bond motifs is 2. The van der Waals surface area contributed by atoms with Gasteiger partial charge in [-0.15, -0.1) is 0 Å². The Morgan fingerprint density at radius 3 is 2.50 bits per heavy atom. The predicted molar refractivity (Wildman–Crippen MR) is 88.1 cm³/mol. The second-order valence-electron chi connectivity index (χ2n) is 4.87. The number of Topliss-reactive ketones (excluding diaryl/α,β-unsaturated/α-hetero) is 1. The van der Waals surface area contributed by atoms with Crippen LogP contribution in [-0.2, 0) is 0 Å². The highest BCUT2D eigenvalue weighted by molar-refractivity contribution is 6.09. The van der Waals surface area contributed by atoms with Crippen LogP contribution in [0.15, 0.2) is 70.5 Å². The Balaban J connectivity index is 0.000000131. The fourth-order valence-electron chi connectivity index (χ4n) is 2.25. The van der Waals surface area contributed by atoms with Crippen LogP contribution < -0.4 is 5.56 Å². The summed E-state index contributed by atoms with van der Waals surface area (Å²) in [6.07, 6.45) is 2.10. The molecule has 4 rings (SSSR count). The zero-order valence-corrected chi connectivity index (χ0v) is 11.8. The summed E-state index contributed by atoms with van der Waals surface area (Å²) in [6, 6.07) is 18.4. The summed E-state index contributed by atoms with van der Waals surface area (Å²) in [5, 5.41) is 1.06. The van der Waals surface area contributed by atoms with E-state index < -0.39 is 0 Å². The molecule has 4 nitrogen and oxygen atoms in total. The van der Waals surface area contributed by atoms with Crippen LogP contribution in [0.2, 0.25) is 0 Å². The summed E-state index contributed by atoms with van der Waals surface area (Å²) >= 11 is 0. The standard InChI is InChI=1S/2C9H7NO/c11-9-5-6-10-8-4-2-1-3-7(8)9;11-9-6-5-7-3-1-2-4-8(7)10-9/h1-4,6H,5H2;1-6H,(H,10,11). The molecule has 0 unspecified atom stereocenters. The van der Waals surface area contributed by atoms with Crippen molar-refractivity contribution in [3.8, 4) is 0 Å². The van der Waals surface area contributed by atoms with Gasteiger partial charge in [-0.3, -0.25) is 14.6 Å². The molecule has 3 aromatic rings. The maximum atomic E-state index is 11.2. The van der Waals surface area contributed by atoms with Crippen LogP contribution in [0.25, 0.3) is 10.9 Å². The molecule has 0 spiro atoms. The first-order chi connectivity index (χ1) is 10.7. The summed E-state index contributed by atoms with van der Waals surface area (Å²) in [5.41, 5.74) is 2.38. The molecule has 1 N–H and O–H groups in total. The Labute approximate surface area is 127 Å². The maximum absolute atomic E-state index is 11.2. The van der Waals surface area contributed by atoms with Crippen LogP contribution >= 0.6 is 0 Å². The number of hydrogen-bond acceptors (Lipinski definition) is 3. The van der Waals surface area contributed by atoms with E-state index in [-0.39, 0.29) is 11.3 Å². The zero-order chi connectivity index (χ0) is 15.4. The van der Waals surface area contributed by atoms with Gasteiger partial charge in [-0.05, 0) is 29.7 Å². The smallest absolute Gasteiger partial charge is 0.248 e. The lowest BCUT2D eigenvalue weighted by atomic mass is 10.0. The summed E-state index contributed by atoms with van der Waals surface area (Å²) in [5.74, 6) is 0.163. The Morgan fingerprint density at radius 1 is 0.864 bits per heavy atom. The molecule has 2 heterocycles. The summed E-state index contributed by atoms with van der Waals surface area (Å²) in [6.45, 7) is 0. The van der Waals surface area contributed by atoms with E-state index in [0.29, 0.717) is 6.42 Å². The number of H-pyrrole nitrogens is 1. The Hall–Kier alpha value is -3.01. The number of aromatic nitrogens is 1. The number of pyridine rings is 1. The van der Waals surface area contributed by atoms with Crippen molar-refractivity contribution < 1.29 is 4.79 Å². The molecule has 0 bridgehead atoms. The van der Waals surface area contributed by atoms with E-state index >= 15 is 0 Å². The van der Waals surface area contributed by atoms with Gasteiger partial charge in [0.25, 0.3) is 0 Å². The van der Waals surface area contributed by atoms with Gasteiger partial charge in [0.05, 0.1) is 5.69 Å². The van der Waals surface area contributed by atoms with Crippen molar-refractivity contribution in [2.24, 2.45) is 4.99 Å². The van der Waals surface area contributed by atoms with Gasteiger partial charge in [0.1, 0.15) is 0 Å². The van der Waals surface area contributed by atoms with Crippen LogP contribution in [0, 0.1) is 0 Å². The van der Waals surface area contributed by atoms with E-state index in [1.807, 2.05) is 54.6 Å². The normalized spacial score (nSPS) is 12.5. The Morgan fingerprint density at radius 2 is 1.64 bits per heavy atom. The van der Waals surface area contributed by atoms with E-state index in [1.54, 1.807) is 6.21 Å². The molecular weight excluding hydrogens is 276 g/mol. The minimum absolute atomic E-state index is 0.0521. The minimum Gasteiger partial charge on any atom is -0.322 e. The first kappa shape index (κ1) is 13.9. The summed E-state index contributed by atoms with van der Waals surface area (Å²) in [4.78, 5) is 28.9. The number of aromatic amines is 1. The van der Waals surface area contributed by atoms with Gasteiger partial charge in [0, 0.05) is 29.8 Å². The van der Waals surface area contributed by atoms with Gasteiger partial charge in [0.15, 0.2) is 5.78 Å². The number of nitrogens with one attached hydrogen (secondary N) is 1. The topological polar surface area (TPSA) is 62.3 Å². The molecule has 0 saturated heterocycles. The lowest BCUT2D eigenvalue weighted by molar-refractivity contribution is 0.100. The highest BCUT2D eigenvalue weighted by atomic mass is 16.1. The highest BCUT2D eigenvalue weighted by Crippen LogP contribution is 2.22. The van der Waals surface area contributed by atoms with Crippen molar-refractivity contribution in [1.29, 1.82) is 0 Å². The number of hydrogen-bond donors (Lipinski definition) is 1. The van der Waals surface area contributed by atoms with Gasteiger partial charge in [-0.2, -0.15) is 0 Å². The van der Waals surface area contributed by atoms with E-state index in [1.165, 1.54) is 6.07 Å². The summed E-state index contributed by atoms with van der Waals surface area (Å²) in [7, 11) is 0. The van der Waals surface area contributed by atoms with Gasteiger partial charge in [-0.1, -0.05) is 30.3 Å². The molecule has 22 heavy (non-hydrogen) atoms. The molecular formula is C18H14N2O2. The lowest BCUT2D eigenvalue weighted by Crippen LogP contribution is -2.03. The van der Waals surface area contributed by atoms with Crippen molar-refractivity contribution in [1.82, 2.24) is 4.98 Å². The predicted octanol–water partition coefficient (Wildman–Crippen LogP) is 3.50. The number of rotatable bonds is 0. The molecule has 0 amide bonds. The third-order valence-corrected chi connectivity index (χ3v) is 3.34. The van der Waals surface area contributed by atoms with Gasteiger partial charge >= 0.3 is 0 Å². The molecule has 1 aliphatic heterocycles. The number of ketones is 1. The van der Waals surface area contributed by atoms with E-state index in [0.717, 1.165) is 22.2 Å². The number of carbonyl (C=O) groups excluding carboxylic acids is 1. The van der Waals surface area contributed by atoms with Crippen LogP contribution in [-0.4, -0.2) is 17.0 Å². The largest absolute Gasteiger partial charge is 0.322 e. The Kier molecular flexibility index (Phi) is 3.92. The molecule has 0 fully saturated rings. The van der Waals surface area contributed by atoms with Crippen LogP contribution in [0.1, 0.15) is 16.8 Å². The molecule has 1 aromatic heterocycles. The summed E-state index contributed by atoms with van der Waals surface area (Å²) < 4.78 is 0. The number of para-hydroxylation sites is 2. The molecule has 4 heteroatoms. The van der Waals surface area contributed by atoms with Gasteiger partial charge < -0.3 is 4.98 Å². The number of benzene rings is 2. The quantitative estimate of drug-likeness (QED) is 0.688. The molecule has 0 saturated carbocycles. The highest BCUT2D eigenvalue weighted by Gasteiger charge is 2.11. The van der Waals surface area contributed by atoms with Crippen molar-refractivity contribution in [2.75, 3.05) is 0 Å². The van der Waals surface area contributed by atoms with Crippen molar-refractivity contribution in [3.63, 3.8) is 0 Å². The van der Waals surface area contributed by atoms with Crippen LogP contribution in [0.4, 0.5) is 5.69 Å². The third-order valence-electron chi connectivity index (χ3n) is 3.34. The Bertz CT molecular complexity index is 910. The molecule has 1 aliphatic rings. The average molecular weight is 290 g/mol. The maximum Gasteiger partial charge on any atom is 0.248 e. The number of nitrogens with zero attached hydrogens (tertiary/aromatic N) is 1. The first-order valence-electron chi connectivity index (χ1n) is 6.97. The van der Waals surface area contributed by atoms with Gasteiger partial charge in [0.2, 0.25) is 5.56 Å². The average Bonchev–Trinajstić information content (AvgIpc) is 2.56. The fourth-order valence-corrected chi connectivity index (χ4v) is 2.25. The molecule has 0 aliphatic carbocycles. The van der Waals surface area contributed by atoms with Crippen LogP contribution in [0.3, 0.4) is 0 Å². The number of aliphatic imine (C=N–C) groups is 1. The van der Waals surface area contributed by atoms with E-state index in [2.05, 4.69) is 9.98 Å². The molecule has 0 atom stereocenters. The van der Waals surface area contributed by atoms with Crippen molar-refractivity contribution in [3.05, 3.63) is 76.6 Å². The van der Waals surface area contributed by atoms with E-state index in [9.17, 15) is 9.59 Å². The van der Waals surface area contributed by atoms with Crippen molar-refractivity contribution in [2.45, 2.75) is 6.42 Å². The number of carbonyl (C=O) groups is 1. The SMILES string of the molecule is O=C1CC=Nc2ccccc21.O=c1ccc2ccccc2[nH]1. The van der Waals surface area contributed by atoms with E-state index in [4.69, 9.17) is 0 Å². The van der Waals surface area contributed by atoms with Crippen molar-refractivity contribution >= 4 is 28.6 Å². The minimum atomic E-state index is -0.0521. The molecule has 0 radical (unpaired) electrons.